The third kappa shape index (κ3) is 5.15. The largest absolute Gasteiger partial charge is 0.505 e. The molecular weight excluding hydrogens is 442 g/mol. The molecule has 7 heteroatoms. The molecule has 0 bridgehead atoms. The van der Waals surface area contributed by atoms with Gasteiger partial charge in [0.1, 0.15) is 11.4 Å². The molecule has 1 fully saturated rings. The summed E-state index contributed by atoms with van der Waals surface area (Å²) in [6, 6.07) is 8.32. The van der Waals surface area contributed by atoms with Gasteiger partial charge in [0.2, 0.25) is 0 Å². The molecule has 1 aromatic carbocycles. The van der Waals surface area contributed by atoms with Gasteiger partial charge in [0, 0.05) is 47.8 Å². The second kappa shape index (κ2) is 9.53. The zero-order chi connectivity index (χ0) is 25.5. The molecule has 3 aromatic rings. The predicted octanol–water partition coefficient (Wildman–Crippen LogP) is 5.76. The monoisotopic (exact) mass is 479 g/mol. The summed E-state index contributed by atoms with van der Waals surface area (Å²) in [7, 11) is 0. The highest BCUT2D eigenvalue weighted by molar-refractivity contribution is 5.93. The number of aliphatic hydroxyl groups excluding tert-OH is 1. The minimum Gasteiger partial charge on any atom is -0.505 e. The first-order valence-electron chi connectivity index (χ1n) is 12.4. The number of rotatable bonds is 4. The van der Waals surface area contributed by atoms with Gasteiger partial charge in [-0.1, -0.05) is 13.0 Å². The van der Waals surface area contributed by atoms with E-state index in [-0.39, 0.29) is 24.4 Å². The minimum absolute atomic E-state index is 0.00225. The zero-order valence-electron chi connectivity index (χ0n) is 21.6. The van der Waals surface area contributed by atoms with E-state index in [2.05, 4.69) is 28.2 Å². The second-order valence-corrected chi connectivity index (χ2v) is 10.8. The molecule has 2 aromatic heterocycles. The third-order valence-electron chi connectivity index (χ3n) is 6.81. The third-order valence-corrected chi connectivity index (χ3v) is 6.81. The molecule has 4 rings (SSSR count). The Hall–Kier alpha value is -3.06. The standard InChI is InChI=1S/C28H37N3O4/c1-16(15-32)24-21-14-20(19-9-11-31(12-10-19)27(34)35-28(4,5)6)7-8-23(21)30-25(24)22-13-17(2)29-18(3)26(22)33/h7-8,13-14,16,19,30,32-33H,9-12,15H2,1-6H3. The van der Waals surface area contributed by atoms with Crippen molar-refractivity contribution in [3.05, 3.63) is 46.8 Å². The molecule has 1 saturated heterocycles. The number of aryl methyl sites for hydroxylation is 2. The number of fused-ring (bicyclic) bond motifs is 1. The van der Waals surface area contributed by atoms with Crippen LogP contribution in [0.15, 0.2) is 24.3 Å². The van der Waals surface area contributed by atoms with E-state index in [0.29, 0.717) is 30.3 Å². The molecule has 1 atom stereocenters. The molecule has 35 heavy (non-hydrogen) atoms. The summed E-state index contributed by atoms with van der Waals surface area (Å²) in [6.07, 6.45) is 1.50. The van der Waals surface area contributed by atoms with E-state index in [1.165, 1.54) is 5.56 Å². The quantitative estimate of drug-likeness (QED) is 0.442. The maximum Gasteiger partial charge on any atom is 0.410 e. The number of nitrogens with one attached hydrogen (secondary N) is 1. The molecule has 0 spiro atoms. The lowest BCUT2D eigenvalue weighted by Crippen LogP contribution is -2.41. The number of nitrogens with zero attached hydrogens (tertiary/aromatic N) is 2. The van der Waals surface area contributed by atoms with Crippen molar-refractivity contribution in [1.29, 1.82) is 0 Å². The highest BCUT2D eigenvalue weighted by atomic mass is 16.6. The van der Waals surface area contributed by atoms with Crippen LogP contribution in [0.25, 0.3) is 22.2 Å². The molecular formula is C28H37N3O4. The molecule has 1 amide bonds. The van der Waals surface area contributed by atoms with Gasteiger partial charge < -0.3 is 24.8 Å². The number of aromatic hydroxyl groups is 1. The van der Waals surface area contributed by atoms with Gasteiger partial charge in [-0.3, -0.25) is 4.98 Å². The first-order chi connectivity index (χ1) is 16.5. The fraction of sp³-hybridized carbons (Fsp3) is 0.500. The van der Waals surface area contributed by atoms with E-state index in [9.17, 15) is 15.0 Å². The number of amides is 1. The van der Waals surface area contributed by atoms with Crippen LogP contribution in [0.1, 0.15) is 74.9 Å². The van der Waals surface area contributed by atoms with Crippen LogP contribution in [0.3, 0.4) is 0 Å². The fourth-order valence-electron chi connectivity index (χ4n) is 5.03. The Morgan fingerprint density at radius 3 is 2.54 bits per heavy atom. The van der Waals surface area contributed by atoms with E-state index in [1.807, 2.05) is 40.7 Å². The number of aliphatic hydroxyl groups is 1. The van der Waals surface area contributed by atoms with E-state index in [0.717, 1.165) is 40.7 Å². The smallest absolute Gasteiger partial charge is 0.410 e. The van der Waals surface area contributed by atoms with Crippen LogP contribution in [0.4, 0.5) is 4.79 Å². The zero-order valence-corrected chi connectivity index (χ0v) is 21.6. The maximum atomic E-state index is 12.4. The number of likely N-dealkylation sites (tertiary alicyclic amines) is 1. The molecule has 3 heterocycles. The van der Waals surface area contributed by atoms with Crippen molar-refractivity contribution in [1.82, 2.24) is 14.9 Å². The highest BCUT2D eigenvalue weighted by Crippen LogP contribution is 2.41. The average molecular weight is 480 g/mol. The fourth-order valence-corrected chi connectivity index (χ4v) is 5.03. The molecule has 1 aliphatic heterocycles. The number of aromatic amines is 1. The molecule has 0 aliphatic carbocycles. The summed E-state index contributed by atoms with van der Waals surface area (Å²) in [6.45, 7) is 12.7. The number of ether oxygens (including phenoxy) is 1. The van der Waals surface area contributed by atoms with Crippen molar-refractivity contribution in [2.75, 3.05) is 19.7 Å². The number of hydrogen-bond donors (Lipinski definition) is 3. The summed E-state index contributed by atoms with van der Waals surface area (Å²) in [5.74, 6) is 0.381. The molecule has 3 N–H and O–H groups in total. The number of benzene rings is 1. The van der Waals surface area contributed by atoms with Gasteiger partial charge in [-0.05, 0) is 82.7 Å². The molecule has 0 saturated carbocycles. The predicted molar refractivity (Wildman–Crippen MR) is 138 cm³/mol. The Morgan fingerprint density at radius 2 is 1.91 bits per heavy atom. The van der Waals surface area contributed by atoms with Crippen molar-refractivity contribution in [3.63, 3.8) is 0 Å². The second-order valence-electron chi connectivity index (χ2n) is 10.8. The molecule has 1 unspecified atom stereocenters. The van der Waals surface area contributed by atoms with E-state index in [1.54, 1.807) is 11.8 Å². The van der Waals surface area contributed by atoms with Crippen LogP contribution in [0, 0.1) is 13.8 Å². The van der Waals surface area contributed by atoms with Crippen LogP contribution < -0.4 is 0 Å². The average Bonchev–Trinajstić information content (AvgIpc) is 3.18. The van der Waals surface area contributed by atoms with Crippen LogP contribution >= 0.6 is 0 Å². The Balaban J connectivity index is 1.67. The lowest BCUT2D eigenvalue weighted by Gasteiger charge is -2.33. The minimum atomic E-state index is -0.495. The summed E-state index contributed by atoms with van der Waals surface area (Å²) in [5, 5.41) is 21.9. The number of carbonyl (C=O) groups is 1. The van der Waals surface area contributed by atoms with Crippen molar-refractivity contribution >= 4 is 17.0 Å². The SMILES string of the molecule is Cc1cc(-c2[nH]c3ccc(C4CCN(C(=O)OC(C)(C)C)CC4)cc3c2C(C)CO)c(O)c(C)n1. The highest BCUT2D eigenvalue weighted by Gasteiger charge is 2.28. The van der Waals surface area contributed by atoms with Crippen molar-refractivity contribution < 1.29 is 19.7 Å². The van der Waals surface area contributed by atoms with Crippen LogP contribution in [0.5, 0.6) is 5.75 Å². The number of piperidine rings is 1. The van der Waals surface area contributed by atoms with E-state index < -0.39 is 5.60 Å². The topological polar surface area (TPSA) is 98.7 Å². The molecule has 1 aliphatic rings. The van der Waals surface area contributed by atoms with E-state index >= 15 is 0 Å². The normalized spacial score (nSPS) is 16.0. The lowest BCUT2D eigenvalue weighted by molar-refractivity contribution is 0.0205. The summed E-state index contributed by atoms with van der Waals surface area (Å²) < 4.78 is 5.54. The first-order valence-corrected chi connectivity index (χ1v) is 12.4. The first kappa shape index (κ1) is 25.0. The van der Waals surface area contributed by atoms with Gasteiger partial charge in [-0.15, -0.1) is 0 Å². The van der Waals surface area contributed by atoms with Crippen LogP contribution in [-0.4, -0.2) is 56.5 Å². The van der Waals surface area contributed by atoms with Crippen molar-refractivity contribution in [2.24, 2.45) is 0 Å². The van der Waals surface area contributed by atoms with Crippen LogP contribution in [0.2, 0.25) is 0 Å². The van der Waals surface area contributed by atoms with Crippen LogP contribution in [-0.2, 0) is 4.74 Å². The lowest BCUT2D eigenvalue weighted by atomic mass is 9.87. The maximum absolute atomic E-state index is 12.4. The number of pyridine rings is 1. The van der Waals surface area contributed by atoms with Gasteiger partial charge in [0.25, 0.3) is 0 Å². The Bertz CT molecular complexity index is 1230. The molecule has 0 radical (unpaired) electrons. The Kier molecular flexibility index (Phi) is 6.82. The van der Waals surface area contributed by atoms with Gasteiger partial charge in [0.05, 0.1) is 11.4 Å². The van der Waals surface area contributed by atoms with Gasteiger partial charge in [-0.2, -0.15) is 0 Å². The number of aromatic nitrogens is 2. The van der Waals surface area contributed by atoms with Gasteiger partial charge in [-0.25, -0.2) is 4.79 Å². The number of hydrogen-bond acceptors (Lipinski definition) is 5. The van der Waals surface area contributed by atoms with E-state index in [4.69, 9.17) is 4.74 Å². The molecule has 7 nitrogen and oxygen atoms in total. The summed E-state index contributed by atoms with van der Waals surface area (Å²) in [4.78, 5) is 22.1. The Labute approximate surface area is 207 Å². The van der Waals surface area contributed by atoms with Gasteiger partial charge in [0.15, 0.2) is 0 Å². The Morgan fingerprint density at radius 1 is 1.23 bits per heavy atom. The van der Waals surface area contributed by atoms with Crippen molar-refractivity contribution in [3.8, 4) is 17.0 Å². The molecule has 188 valence electrons. The van der Waals surface area contributed by atoms with Gasteiger partial charge >= 0.3 is 6.09 Å². The number of H-pyrrole nitrogens is 1. The van der Waals surface area contributed by atoms with Crippen molar-refractivity contribution in [2.45, 2.75) is 71.8 Å². The summed E-state index contributed by atoms with van der Waals surface area (Å²) in [5.41, 5.74) is 5.63. The number of carbonyl (C=O) groups excluding carboxylic acids is 1. The summed E-state index contributed by atoms with van der Waals surface area (Å²) >= 11 is 0.